The molecule has 0 bridgehead atoms. The number of likely N-dealkylation sites (N-methyl/N-ethyl adjacent to an activating group) is 1. The lowest BCUT2D eigenvalue weighted by Crippen LogP contribution is -2.47. The van der Waals surface area contributed by atoms with Crippen LogP contribution in [0.2, 0.25) is 10.0 Å². The summed E-state index contributed by atoms with van der Waals surface area (Å²) < 4.78 is 5.07. The molecule has 19 heavy (non-hydrogen) atoms. The van der Waals surface area contributed by atoms with Crippen molar-refractivity contribution in [1.29, 1.82) is 0 Å². The average Bonchev–Trinajstić information content (AvgIpc) is 2.38. The highest BCUT2D eigenvalue weighted by atomic mass is 35.5. The minimum Gasteiger partial charge on any atom is -0.494 e. The van der Waals surface area contributed by atoms with Crippen molar-refractivity contribution in [2.75, 3.05) is 40.3 Å². The second kappa shape index (κ2) is 5.99. The molecule has 0 atom stereocenters. The minimum absolute atomic E-state index is 0.0421. The maximum Gasteiger partial charge on any atom is 0.254 e. The molecule has 1 aromatic carbocycles. The van der Waals surface area contributed by atoms with Gasteiger partial charge in [-0.05, 0) is 19.2 Å². The van der Waals surface area contributed by atoms with Gasteiger partial charge >= 0.3 is 0 Å². The van der Waals surface area contributed by atoms with Crippen molar-refractivity contribution in [3.8, 4) is 5.75 Å². The number of carbonyl (C=O) groups excluding carboxylic acids is 1. The first kappa shape index (κ1) is 14.4. The Morgan fingerprint density at radius 1 is 1.16 bits per heavy atom. The van der Waals surface area contributed by atoms with E-state index in [1.165, 1.54) is 7.11 Å². The summed E-state index contributed by atoms with van der Waals surface area (Å²) in [5, 5.41) is 0.708. The van der Waals surface area contributed by atoms with Gasteiger partial charge in [-0.2, -0.15) is 0 Å². The van der Waals surface area contributed by atoms with Crippen LogP contribution in [-0.2, 0) is 0 Å². The van der Waals surface area contributed by atoms with Crippen LogP contribution in [0, 0.1) is 0 Å². The van der Waals surface area contributed by atoms with Gasteiger partial charge in [-0.15, -0.1) is 0 Å². The van der Waals surface area contributed by atoms with Crippen LogP contribution in [-0.4, -0.2) is 56.0 Å². The molecule has 6 heteroatoms. The van der Waals surface area contributed by atoms with Crippen LogP contribution in [0.25, 0.3) is 0 Å². The predicted molar refractivity (Wildman–Crippen MR) is 76.4 cm³/mol. The van der Waals surface area contributed by atoms with Crippen LogP contribution in [0.15, 0.2) is 12.1 Å². The lowest BCUT2D eigenvalue weighted by molar-refractivity contribution is 0.0664. The average molecular weight is 303 g/mol. The molecule has 0 radical (unpaired) electrons. The standard InChI is InChI=1S/C13H16Cl2N2O2/c1-16-3-5-17(6-4-16)13(18)9-7-10(14)12(19-2)11(15)8-9/h7-8H,3-6H2,1-2H3. The summed E-state index contributed by atoms with van der Waals surface area (Å²) in [7, 11) is 3.54. The highest BCUT2D eigenvalue weighted by molar-refractivity contribution is 6.37. The van der Waals surface area contributed by atoms with E-state index in [1.807, 2.05) is 11.9 Å². The topological polar surface area (TPSA) is 32.8 Å². The number of hydrogen-bond donors (Lipinski definition) is 0. The Labute approximate surface area is 122 Å². The van der Waals surface area contributed by atoms with E-state index in [4.69, 9.17) is 27.9 Å². The largest absolute Gasteiger partial charge is 0.494 e. The van der Waals surface area contributed by atoms with E-state index in [0.717, 1.165) is 26.2 Å². The first-order valence-corrected chi connectivity index (χ1v) is 6.79. The zero-order valence-corrected chi connectivity index (χ0v) is 12.5. The smallest absolute Gasteiger partial charge is 0.254 e. The summed E-state index contributed by atoms with van der Waals surface area (Å²) in [4.78, 5) is 16.4. The van der Waals surface area contributed by atoms with Crippen molar-refractivity contribution < 1.29 is 9.53 Å². The van der Waals surface area contributed by atoms with Crippen molar-refractivity contribution in [2.45, 2.75) is 0 Å². The molecule has 2 rings (SSSR count). The maximum absolute atomic E-state index is 12.4. The van der Waals surface area contributed by atoms with Crippen LogP contribution in [0.5, 0.6) is 5.75 Å². The van der Waals surface area contributed by atoms with Gasteiger partial charge in [0.2, 0.25) is 0 Å². The fourth-order valence-electron chi connectivity index (χ4n) is 2.07. The van der Waals surface area contributed by atoms with E-state index in [1.54, 1.807) is 12.1 Å². The first-order valence-electron chi connectivity index (χ1n) is 6.03. The van der Waals surface area contributed by atoms with Crippen LogP contribution < -0.4 is 4.74 Å². The van der Waals surface area contributed by atoms with Crippen molar-refractivity contribution in [3.63, 3.8) is 0 Å². The Hall–Kier alpha value is -0.970. The Bertz CT molecular complexity index is 463. The highest BCUT2D eigenvalue weighted by Crippen LogP contribution is 2.34. The number of piperazine rings is 1. The molecular weight excluding hydrogens is 287 g/mol. The molecule has 4 nitrogen and oxygen atoms in total. The van der Waals surface area contributed by atoms with Crippen molar-refractivity contribution in [2.24, 2.45) is 0 Å². The van der Waals surface area contributed by atoms with Crippen LogP contribution in [0.4, 0.5) is 0 Å². The quantitative estimate of drug-likeness (QED) is 0.841. The third kappa shape index (κ3) is 3.14. The van der Waals surface area contributed by atoms with Crippen LogP contribution in [0.3, 0.4) is 0 Å². The van der Waals surface area contributed by atoms with Gasteiger partial charge in [0.15, 0.2) is 5.75 Å². The molecule has 0 saturated carbocycles. The van der Waals surface area contributed by atoms with Gasteiger partial charge in [0.05, 0.1) is 17.2 Å². The van der Waals surface area contributed by atoms with E-state index >= 15 is 0 Å². The van der Waals surface area contributed by atoms with Crippen molar-refractivity contribution >= 4 is 29.1 Å². The van der Waals surface area contributed by atoms with Gasteiger partial charge < -0.3 is 14.5 Å². The van der Waals surface area contributed by atoms with Crippen molar-refractivity contribution in [1.82, 2.24) is 9.80 Å². The van der Waals surface area contributed by atoms with Crippen LogP contribution >= 0.6 is 23.2 Å². The molecule has 1 saturated heterocycles. The number of carbonyl (C=O) groups is 1. The number of halogens is 2. The Kier molecular flexibility index (Phi) is 4.55. The third-order valence-corrected chi connectivity index (χ3v) is 3.80. The molecule has 1 fully saturated rings. The summed E-state index contributed by atoms with van der Waals surface area (Å²) in [6.45, 7) is 3.19. The number of benzene rings is 1. The molecule has 1 aromatic rings. The van der Waals surface area contributed by atoms with Gasteiger partial charge in [-0.1, -0.05) is 23.2 Å². The number of amides is 1. The number of methoxy groups -OCH3 is 1. The molecule has 0 N–H and O–H groups in total. The van der Waals surface area contributed by atoms with Gasteiger partial charge in [0.25, 0.3) is 5.91 Å². The van der Waals surface area contributed by atoms with Crippen molar-refractivity contribution in [3.05, 3.63) is 27.7 Å². The molecule has 0 spiro atoms. The minimum atomic E-state index is -0.0421. The van der Waals surface area contributed by atoms with Crippen LogP contribution in [0.1, 0.15) is 10.4 Å². The Balaban J connectivity index is 2.20. The monoisotopic (exact) mass is 302 g/mol. The van der Waals surface area contributed by atoms with E-state index in [9.17, 15) is 4.79 Å². The molecule has 1 aliphatic heterocycles. The van der Waals surface area contributed by atoms with E-state index in [0.29, 0.717) is 21.4 Å². The molecule has 0 unspecified atom stereocenters. The Morgan fingerprint density at radius 3 is 2.16 bits per heavy atom. The number of nitrogens with zero attached hydrogens (tertiary/aromatic N) is 2. The van der Waals surface area contributed by atoms with Gasteiger partial charge in [0.1, 0.15) is 0 Å². The van der Waals surface area contributed by atoms with Gasteiger partial charge in [-0.3, -0.25) is 4.79 Å². The summed E-state index contributed by atoms with van der Waals surface area (Å²) in [5.41, 5.74) is 0.500. The molecule has 0 aliphatic carbocycles. The highest BCUT2D eigenvalue weighted by Gasteiger charge is 2.22. The number of hydrogen-bond acceptors (Lipinski definition) is 3. The lowest BCUT2D eigenvalue weighted by Gasteiger charge is -2.32. The molecule has 1 heterocycles. The Morgan fingerprint density at radius 2 is 1.68 bits per heavy atom. The zero-order chi connectivity index (χ0) is 14.0. The van der Waals surface area contributed by atoms with Gasteiger partial charge in [0, 0.05) is 31.7 Å². The second-order valence-corrected chi connectivity index (χ2v) is 5.38. The maximum atomic E-state index is 12.4. The second-order valence-electron chi connectivity index (χ2n) is 4.57. The number of rotatable bonds is 2. The SMILES string of the molecule is COc1c(Cl)cc(C(=O)N2CCN(C)CC2)cc1Cl. The summed E-state index contributed by atoms with van der Waals surface area (Å²) in [5.74, 6) is 0.359. The third-order valence-electron chi connectivity index (χ3n) is 3.24. The van der Waals surface area contributed by atoms with Gasteiger partial charge in [-0.25, -0.2) is 0 Å². The normalized spacial score (nSPS) is 16.5. The fourth-order valence-corrected chi connectivity index (χ4v) is 2.71. The summed E-state index contributed by atoms with van der Waals surface area (Å²) >= 11 is 12.1. The first-order chi connectivity index (χ1) is 9.02. The van der Waals surface area contributed by atoms with E-state index in [2.05, 4.69) is 4.90 Å². The zero-order valence-electron chi connectivity index (χ0n) is 10.9. The molecule has 0 aromatic heterocycles. The predicted octanol–water partition coefficient (Wildman–Crippen LogP) is 2.39. The number of ether oxygens (including phenoxy) is 1. The van der Waals surface area contributed by atoms with E-state index < -0.39 is 0 Å². The lowest BCUT2D eigenvalue weighted by atomic mass is 10.1. The summed E-state index contributed by atoms with van der Waals surface area (Å²) in [6, 6.07) is 3.21. The molecule has 1 aliphatic rings. The molecule has 104 valence electrons. The molecule has 1 amide bonds. The molecular formula is C13H16Cl2N2O2. The van der Waals surface area contributed by atoms with E-state index in [-0.39, 0.29) is 5.91 Å². The summed E-state index contributed by atoms with van der Waals surface area (Å²) in [6.07, 6.45) is 0. The fraction of sp³-hybridized carbons (Fsp3) is 0.462.